The van der Waals surface area contributed by atoms with Crippen LogP contribution in [0.15, 0.2) is 0 Å². The summed E-state index contributed by atoms with van der Waals surface area (Å²) in [6.07, 6.45) is 0. The molecule has 1 saturated heterocycles. The lowest BCUT2D eigenvalue weighted by molar-refractivity contribution is -0.151. The number of aliphatic hydroxyl groups excluding tert-OH is 1. The molecule has 0 bridgehead atoms. The number of carboxylic acids is 2. The van der Waals surface area contributed by atoms with E-state index < -0.39 is 23.8 Å². The summed E-state index contributed by atoms with van der Waals surface area (Å²) < 4.78 is 0. The molecule has 0 aliphatic carbocycles. The van der Waals surface area contributed by atoms with E-state index in [9.17, 15) is 9.59 Å². The second-order valence-electron chi connectivity index (χ2n) is 3.37. The number of likely N-dealkylation sites (tertiary alicyclic amines) is 1. The molecule has 0 spiro atoms. The van der Waals surface area contributed by atoms with Crippen molar-refractivity contribution >= 4 is 11.9 Å². The average molecular weight is 203 g/mol. The van der Waals surface area contributed by atoms with Gasteiger partial charge in [-0.2, -0.15) is 0 Å². The Labute approximate surface area is 80.8 Å². The van der Waals surface area contributed by atoms with E-state index in [1.54, 1.807) is 4.90 Å². The van der Waals surface area contributed by atoms with Gasteiger partial charge in [-0.15, -0.1) is 0 Å². The fourth-order valence-electron chi connectivity index (χ4n) is 1.71. The van der Waals surface area contributed by atoms with Crippen molar-refractivity contribution in [3.8, 4) is 0 Å². The van der Waals surface area contributed by atoms with Crippen LogP contribution in [0.25, 0.3) is 0 Å². The van der Waals surface area contributed by atoms with Crippen molar-refractivity contribution in [2.45, 2.75) is 0 Å². The van der Waals surface area contributed by atoms with Gasteiger partial charge in [0.1, 0.15) is 0 Å². The normalized spacial score (nSPS) is 27.8. The summed E-state index contributed by atoms with van der Waals surface area (Å²) in [5.41, 5.74) is 0. The van der Waals surface area contributed by atoms with Crippen molar-refractivity contribution in [3.05, 3.63) is 0 Å². The van der Waals surface area contributed by atoms with E-state index in [4.69, 9.17) is 15.3 Å². The largest absolute Gasteiger partial charge is 0.481 e. The first-order valence-electron chi connectivity index (χ1n) is 4.35. The maximum atomic E-state index is 10.7. The zero-order valence-corrected chi connectivity index (χ0v) is 7.59. The molecule has 0 aromatic rings. The molecule has 0 saturated carbocycles. The number of aliphatic hydroxyl groups is 1. The third-order valence-corrected chi connectivity index (χ3v) is 2.45. The van der Waals surface area contributed by atoms with Gasteiger partial charge in [-0.3, -0.25) is 14.5 Å². The highest BCUT2D eigenvalue weighted by atomic mass is 16.4. The smallest absolute Gasteiger partial charge is 0.308 e. The summed E-state index contributed by atoms with van der Waals surface area (Å²) in [5.74, 6) is -3.89. The van der Waals surface area contributed by atoms with E-state index >= 15 is 0 Å². The van der Waals surface area contributed by atoms with Crippen molar-refractivity contribution in [2.24, 2.45) is 11.8 Å². The van der Waals surface area contributed by atoms with E-state index in [1.165, 1.54) is 0 Å². The minimum Gasteiger partial charge on any atom is -0.481 e. The maximum absolute atomic E-state index is 10.7. The highest BCUT2D eigenvalue weighted by molar-refractivity contribution is 5.81. The lowest BCUT2D eigenvalue weighted by Crippen LogP contribution is -2.28. The molecule has 1 heterocycles. The number of β-amino-alcohol motifs (C(OH)–C–C–N with tert-alkyl or cyclic N) is 1. The number of carboxylic acid groups (broad SMARTS) is 2. The zero-order valence-electron chi connectivity index (χ0n) is 7.59. The number of hydrogen-bond acceptors (Lipinski definition) is 4. The molecule has 0 unspecified atom stereocenters. The summed E-state index contributed by atoms with van der Waals surface area (Å²) in [6, 6.07) is 0. The second kappa shape index (κ2) is 4.39. The van der Waals surface area contributed by atoms with Crippen molar-refractivity contribution in [3.63, 3.8) is 0 Å². The molecule has 3 N–H and O–H groups in total. The van der Waals surface area contributed by atoms with Crippen molar-refractivity contribution in [2.75, 3.05) is 26.2 Å². The van der Waals surface area contributed by atoms with Crippen LogP contribution in [0.2, 0.25) is 0 Å². The van der Waals surface area contributed by atoms with Crippen LogP contribution in [-0.4, -0.2) is 58.4 Å². The summed E-state index contributed by atoms with van der Waals surface area (Å²) >= 11 is 0. The Kier molecular flexibility index (Phi) is 3.43. The summed E-state index contributed by atoms with van der Waals surface area (Å²) in [7, 11) is 0. The number of rotatable bonds is 4. The molecular weight excluding hydrogens is 190 g/mol. The van der Waals surface area contributed by atoms with Gasteiger partial charge in [0.15, 0.2) is 0 Å². The third kappa shape index (κ3) is 2.21. The van der Waals surface area contributed by atoms with Crippen LogP contribution in [0.5, 0.6) is 0 Å². The molecular formula is C8H13NO5. The van der Waals surface area contributed by atoms with Crippen LogP contribution in [0, 0.1) is 11.8 Å². The maximum Gasteiger partial charge on any atom is 0.308 e. The molecule has 1 rings (SSSR count). The van der Waals surface area contributed by atoms with E-state index in [2.05, 4.69) is 0 Å². The van der Waals surface area contributed by atoms with Gasteiger partial charge in [-0.1, -0.05) is 0 Å². The van der Waals surface area contributed by atoms with Gasteiger partial charge in [0.05, 0.1) is 18.4 Å². The molecule has 2 atom stereocenters. The number of nitrogens with zero attached hydrogens (tertiary/aromatic N) is 1. The standard InChI is InChI=1S/C8H13NO5/c10-2-1-9-3-5(7(11)12)6(4-9)8(13)14/h5-6,10H,1-4H2,(H,11,12)(H,13,14)/t5-,6-/m0/s1. The first kappa shape index (κ1) is 10.9. The average Bonchev–Trinajstić information content (AvgIpc) is 2.49. The lowest BCUT2D eigenvalue weighted by atomic mass is 9.97. The van der Waals surface area contributed by atoms with E-state index in [0.29, 0.717) is 6.54 Å². The summed E-state index contributed by atoms with van der Waals surface area (Å²) in [6.45, 7) is 0.645. The summed E-state index contributed by atoms with van der Waals surface area (Å²) in [5, 5.41) is 26.2. The van der Waals surface area contributed by atoms with Gasteiger partial charge >= 0.3 is 11.9 Å². The lowest BCUT2D eigenvalue weighted by Gasteiger charge is -2.11. The van der Waals surface area contributed by atoms with Crippen LogP contribution in [0.3, 0.4) is 0 Å². The molecule has 6 nitrogen and oxygen atoms in total. The zero-order chi connectivity index (χ0) is 10.7. The minimum absolute atomic E-state index is 0.0846. The van der Waals surface area contributed by atoms with E-state index in [0.717, 1.165) is 0 Å². The fraction of sp³-hybridized carbons (Fsp3) is 0.750. The first-order chi connectivity index (χ1) is 6.56. The summed E-state index contributed by atoms with van der Waals surface area (Å²) in [4.78, 5) is 23.1. The Morgan fingerprint density at radius 1 is 1.14 bits per heavy atom. The minimum atomic E-state index is -1.09. The highest BCUT2D eigenvalue weighted by Gasteiger charge is 2.41. The molecule has 1 aliphatic rings. The van der Waals surface area contributed by atoms with Gasteiger partial charge < -0.3 is 15.3 Å². The molecule has 0 amide bonds. The van der Waals surface area contributed by atoms with Crippen molar-refractivity contribution in [1.82, 2.24) is 4.90 Å². The quantitative estimate of drug-likeness (QED) is 0.525. The molecule has 0 radical (unpaired) electrons. The Balaban J connectivity index is 2.65. The Morgan fingerprint density at radius 2 is 1.57 bits per heavy atom. The van der Waals surface area contributed by atoms with Crippen LogP contribution >= 0.6 is 0 Å². The van der Waals surface area contributed by atoms with Gasteiger partial charge in [0, 0.05) is 19.6 Å². The second-order valence-corrected chi connectivity index (χ2v) is 3.37. The molecule has 0 aromatic carbocycles. The monoisotopic (exact) mass is 203 g/mol. The Morgan fingerprint density at radius 3 is 1.86 bits per heavy atom. The number of aliphatic carboxylic acids is 2. The van der Waals surface area contributed by atoms with Crippen LogP contribution in [0.4, 0.5) is 0 Å². The van der Waals surface area contributed by atoms with E-state index in [1.807, 2.05) is 0 Å². The number of carbonyl (C=O) groups is 2. The molecule has 80 valence electrons. The Hall–Kier alpha value is -1.14. The topological polar surface area (TPSA) is 98.1 Å². The van der Waals surface area contributed by atoms with Crippen LogP contribution in [-0.2, 0) is 9.59 Å². The predicted molar refractivity (Wildman–Crippen MR) is 45.8 cm³/mol. The van der Waals surface area contributed by atoms with Gasteiger partial charge in [0.25, 0.3) is 0 Å². The third-order valence-electron chi connectivity index (χ3n) is 2.45. The van der Waals surface area contributed by atoms with Gasteiger partial charge in [-0.05, 0) is 0 Å². The number of hydrogen-bond donors (Lipinski definition) is 3. The van der Waals surface area contributed by atoms with Crippen molar-refractivity contribution < 1.29 is 24.9 Å². The van der Waals surface area contributed by atoms with E-state index in [-0.39, 0.29) is 19.7 Å². The first-order valence-corrected chi connectivity index (χ1v) is 4.35. The molecule has 14 heavy (non-hydrogen) atoms. The van der Waals surface area contributed by atoms with Crippen LogP contribution < -0.4 is 0 Å². The Bertz CT molecular complexity index is 220. The molecule has 0 aromatic heterocycles. The molecule has 1 aliphatic heterocycles. The van der Waals surface area contributed by atoms with Gasteiger partial charge in [-0.25, -0.2) is 0 Å². The van der Waals surface area contributed by atoms with Gasteiger partial charge in [0.2, 0.25) is 0 Å². The molecule has 6 heteroatoms. The molecule has 1 fully saturated rings. The predicted octanol–water partition coefficient (Wildman–Crippen LogP) is -1.30. The SMILES string of the molecule is O=C(O)[C@H]1CN(CCO)C[C@@H]1C(=O)O. The van der Waals surface area contributed by atoms with Crippen molar-refractivity contribution in [1.29, 1.82) is 0 Å². The van der Waals surface area contributed by atoms with Crippen LogP contribution in [0.1, 0.15) is 0 Å². The fourth-order valence-corrected chi connectivity index (χ4v) is 1.71. The highest BCUT2D eigenvalue weighted by Crippen LogP contribution is 2.23.